The molecule has 0 radical (unpaired) electrons. The van der Waals surface area contributed by atoms with Crippen molar-refractivity contribution in [1.29, 1.82) is 0 Å². The molecule has 1 aliphatic carbocycles. The van der Waals surface area contributed by atoms with Gasteiger partial charge in [0.2, 0.25) is 11.7 Å². The van der Waals surface area contributed by atoms with Crippen LogP contribution in [0.25, 0.3) is 0 Å². The summed E-state index contributed by atoms with van der Waals surface area (Å²) in [5, 5.41) is 16.2. The molecule has 2 aromatic rings. The average molecular weight is 373 g/mol. The fourth-order valence-electron chi connectivity index (χ4n) is 3.49. The number of aromatic nitrogens is 2. The number of carboxylic acids is 1. The molecule has 0 spiro atoms. The molecule has 1 aliphatic rings. The number of nitrogens with one attached hydrogen (secondary N) is 1. The zero-order valence-electron chi connectivity index (χ0n) is 15.4. The number of amides is 1. The van der Waals surface area contributed by atoms with Gasteiger partial charge < -0.3 is 19.7 Å². The summed E-state index contributed by atoms with van der Waals surface area (Å²) in [6.07, 6.45) is 2.97. The molecule has 0 saturated heterocycles. The number of aryl methyl sites for hydroxylation is 1. The molecule has 0 bridgehead atoms. The highest BCUT2D eigenvalue weighted by Gasteiger charge is 2.42. The molecule has 3 rings (SSSR count). The highest BCUT2D eigenvalue weighted by molar-refractivity contribution is 5.95. The maximum atomic E-state index is 12.7. The van der Waals surface area contributed by atoms with Gasteiger partial charge in [-0.3, -0.25) is 9.59 Å². The SMILES string of the molecule is Cc1nc(COc2cccc(C(=O)NC3(C)CCCCC3C(=O)O)c2)no1. The maximum absolute atomic E-state index is 12.7. The minimum atomic E-state index is -0.870. The van der Waals surface area contributed by atoms with Crippen molar-refractivity contribution < 1.29 is 24.0 Å². The zero-order chi connectivity index (χ0) is 19.4. The number of benzene rings is 1. The Balaban J connectivity index is 1.68. The minimum absolute atomic E-state index is 0.126. The lowest BCUT2D eigenvalue weighted by atomic mass is 9.73. The number of hydrogen-bond donors (Lipinski definition) is 2. The van der Waals surface area contributed by atoms with Gasteiger partial charge in [0, 0.05) is 12.5 Å². The van der Waals surface area contributed by atoms with Gasteiger partial charge in [0.15, 0.2) is 6.61 Å². The van der Waals surface area contributed by atoms with E-state index in [1.807, 2.05) is 6.92 Å². The van der Waals surface area contributed by atoms with Gasteiger partial charge in [0.05, 0.1) is 11.5 Å². The summed E-state index contributed by atoms with van der Waals surface area (Å²) < 4.78 is 10.5. The standard InChI is InChI=1S/C19H23N3O5/c1-12-20-16(22-27-12)11-26-14-7-5-6-13(10-14)17(23)21-19(2)9-4-3-8-15(19)18(24)25/h5-7,10,15H,3-4,8-9,11H2,1-2H3,(H,21,23)(H,24,25). The fourth-order valence-corrected chi connectivity index (χ4v) is 3.49. The lowest BCUT2D eigenvalue weighted by Gasteiger charge is -2.39. The fraction of sp³-hybridized carbons (Fsp3) is 0.474. The summed E-state index contributed by atoms with van der Waals surface area (Å²) in [5.41, 5.74) is -0.354. The third-order valence-electron chi connectivity index (χ3n) is 4.94. The van der Waals surface area contributed by atoms with Gasteiger partial charge in [-0.05, 0) is 38.0 Å². The van der Waals surface area contributed by atoms with E-state index in [0.717, 1.165) is 12.8 Å². The second-order valence-corrected chi connectivity index (χ2v) is 7.05. The van der Waals surface area contributed by atoms with Gasteiger partial charge in [-0.1, -0.05) is 24.1 Å². The third kappa shape index (κ3) is 4.45. The molecule has 1 saturated carbocycles. The predicted molar refractivity (Wildman–Crippen MR) is 95.3 cm³/mol. The van der Waals surface area contributed by atoms with Crippen molar-refractivity contribution in [2.24, 2.45) is 5.92 Å². The number of hydrogen-bond acceptors (Lipinski definition) is 6. The smallest absolute Gasteiger partial charge is 0.308 e. The monoisotopic (exact) mass is 373 g/mol. The highest BCUT2D eigenvalue weighted by Crippen LogP contribution is 2.34. The molecule has 2 N–H and O–H groups in total. The lowest BCUT2D eigenvalue weighted by Crippen LogP contribution is -2.55. The lowest BCUT2D eigenvalue weighted by molar-refractivity contribution is -0.145. The maximum Gasteiger partial charge on any atom is 0.308 e. The van der Waals surface area contributed by atoms with Crippen molar-refractivity contribution in [3.8, 4) is 5.75 Å². The Bertz CT molecular complexity index is 834. The summed E-state index contributed by atoms with van der Waals surface area (Å²) in [4.78, 5) is 28.3. The summed E-state index contributed by atoms with van der Waals surface area (Å²) in [5.74, 6) is -0.405. The molecule has 8 heteroatoms. The first-order valence-electron chi connectivity index (χ1n) is 8.95. The largest absolute Gasteiger partial charge is 0.485 e. The number of ether oxygens (including phenoxy) is 1. The van der Waals surface area contributed by atoms with E-state index < -0.39 is 17.4 Å². The van der Waals surface area contributed by atoms with E-state index in [4.69, 9.17) is 9.26 Å². The number of carbonyl (C=O) groups excluding carboxylic acids is 1. The van der Waals surface area contributed by atoms with Crippen molar-refractivity contribution >= 4 is 11.9 Å². The molecule has 27 heavy (non-hydrogen) atoms. The van der Waals surface area contributed by atoms with Crippen molar-refractivity contribution in [1.82, 2.24) is 15.5 Å². The normalized spacial score (nSPS) is 22.2. The van der Waals surface area contributed by atoms with Crippen LogP contribution in [-0.4, -0.2) is 32.7 Å². The van der Waals surface area contributed by atoms with Crippen LogP contribution in [0.5, 0.6) is 5.75 Å². The van der Waals surface area contributed by atoms with E-state index in [1.54, 1.807) is 31.2 Å². The van der Waals surface area contributed by atoms with Crippen LogP contribution >= 0.6 is 0 Å². The Kier molecular flexibility index (Phi) is 5.43. The van der Waals surface area contributed by atoms with Crippen LogP contribution in [0.4, 0.5) is 0 Å². The summed E-state index contributed by atoms with van der Waals surface area (Å²) >= 11 is 0. The quantitative estimate of drug-likeness (QED) is 0.800. The molecule has 1 amide bonds. The first-order chi connectivity index (χ1) is 12.9. The molecule has 144 valence electrons. The second-order valence-electron chi connectivity index (χ2n) is 7.05. The molecule has 1 aromatic heterocycles. The summed E-state index contributed by atoms with van der Waals surface area (Å²) in [6.45, 7) is 3.63. The summed E-state index contributed by atoms with van der Waals surface area (Å²) in [6, 6.07) is 6.72. The van der Waals surface area contributed by atoms with E-state index >= 15 is 0 Å². The Morgan fingerprint density at radius 1 is 1.41 bits per heavy atom. The molecular formula is C19H23N3O5. The predicted octanol–water partition coefficient (Wildman–Crippen LogP) is 2.72. The van der Waals surface area contributed by atoms with Crippen LogP contribution < -0.4 is 10.1 Å². The number of nitrogens with zero attached hydrogens (tertiary/aromatic N) is 2. The molecule has 1 fully saturated rings. The van der Waals surface area contributed by atoms with Crippen LogP contribution in [0.1, 0.15) is 54.7 Å². The molecule has 2 unspecified atom stereocenters. The van der Waals surface area contributed by atoms with Gasteiger partial charge in [-0.25, -0.2) is 0 Å². The molecule has 0 aliphatic heterocycles. The number of aliphatic carboxylic acids is 1. The van der Waals surface area contributed by atoms with E-state index in [2.05, 4.69) is 15.5 Å². The zero-order valence-corrected chi connectivity index (χ0v) is 15.4. The summed E-state index contributed by atoms with van der Waals surface area (Å²) in [7, 11) is 0. The average Bonchev–Trinajstić information content (AvgIpc) is 3.05. The Morgan fingerprint density at radius 3 is 2.93 bits per heavy atom. The Labute approximate surface area is 156 Å². The van der Waals surface area contributed by atoms with Crippen molar-refractivity contribution in [3.63, 3.8) is 0 Å². The first-order valence-corrected chi connectivity index (χ1v) is 8.95. The molecule has 8 nitrogen and oxygen atoms in total. The van der Waals surface area contributed by atoms with E-state index in [9.17, 15) is 14.7 Å². The highest BCUT2D eigenvalue weighted by atomic mass is 16.5. The van der Waals surface area contributed by atoms with Gasteiger partial charge in [-0.15, -0.1) is 0 Å². The third-order valence-corrected chi connectivity index (χ3v) is 4.94. The Hall–Kier alpha value is -2.90. The van der Waals surface area contributed by atoms with E-state index in [-0.39, 0.29) is 12.5 Å². The second kappa shape index (κ2) is 7.77. The Morgan fingerprint density at radius 2 is 2.22 bits per heavy atom. The van der Waals surface area contributed by atoms with Crippen LogP contribution in [0, 0.1) is 12.8 Å². The molecule has 2 atom stereocenters. The van der Waals surface area contributed by atoms with Gasteiger partial charge in [-0.2, -0.15) is 4.98 Å². The molecule has 1 heterocycles. The van der Waals surface area contributed by atoms with Gasteiger partial charge >= 0.3 is 5.97 Å². The van der Waals surface area contributed by atoms with Gasteiger partial charge in [0.1, 0.15) is 5.75 Å². The van der Waals surface area contributed by atoms with Crippen LogP contribution in [0.3, 0.4) is 0 Å². The molecule has 1 aromatic carbocycles. The topological polar surface area (TPSA) is 115 Å². The number of carbonyl (C=O) groups is 2. The molecular weight excluding hydrogens is 350 g/mol. The first kappa shape index (κ1) is 18.9. The van der Waals surface area contributed by atoms with E-state index in [1.165, 1.54) is 0 Å². The van der Waals surface area contributed by atoms with Crippen LogP contribution in [-0.2, 0) is 11.4 Å². The van der Waals surface area contributed by atoms with Crippen LogP contribution in [0.2, 0.25) is 0 Å². The number of carboxylic acid groups (broad SMARTS) is 1. The van der Waals surface area contributed by atoms with Gasteiger partial charge in [0.25, 0.3) is 5.91 Å². The van der Waals surface area contributed by atoms with Crippen molar-refractivity contribution in [2.75, 3.05) is 0 Å². The minimum Gasteiger partial charge on any atom is -0.485 e. The van der Waals surface area contributed by atoms with Crippen molar-refractivity contribution in [2.45, 2.75) is 51.7 Å². The van der Waals surface area contributed by atoms with E-state index in [0.29, 0.717) is 35.9 Å². The van der Waals surface area contributed by atoms with Crippen molar-refractivity contribution in [3.05, 3.63) is 41.5 Å². The van der Waals surface area contributed by atoms with Crippen LogP contribution in [0.15, 0.2) is 28.8 Å². The number of rotatable bonds is 6.